The lowest BCUT2D eigenvalue weighted by molar-refractivity contribution is -0.142. The number of ether oxygens (including phenoxy) is 1. The molecule has 20 heavy (non-hydrogen) atoms. The highest BCUT2D eigenvalue weighted by molar-refractivity contribution is 5.70. The fourth-order valence-electron chi connectivity index (χ4n) is 2.54. The van der Waals surface area contributed by atoms with Crippen molar-refractivity contribution in [1.82, 2.24) is 0 Å². The van der Waals surface area contributed by atoms with Gasteiger partial charge in [-0.2, -0.15) is 8.78 Å². The highest BCUT2D eigenvalue weighted by atomic mass is 19.3. The van der Waals surface area contributed by atoms with E-state index in [-0.39, 0.29) is 17.7 Å². The van der Waals surface area contributed by atoms with Crippen molar-refractivity contribution >= 4 is 11.7 Å². The summed E-state index contributed by atoms with van der Waals surface area (Å²) in [5.41, 5.74) is 0.666. The van der Waals surface area contributed by atoms with Crippen LogP contribution >= 0.6 is 0 Å². The second-order valence-electron chi connectivity index (χ2n) is 4.95. The Balaban J connectivity index is 1.97. The number of alkyl halides is 2. The fourth-order valence-corrected chi connectivity index (χ4v) is 2.54. The maximum Gasteiger partial charge on any atom is 0.387 e. The van der Waals surface area contributed by atoms with E-state index in [9.17, 15) is 13.6 Å². The monoisotopic (exact) mass is 285 g/mol. The van der Waals surface area contributed by atoms with Crippen molar-refractivity contribution in [1.29, 1.82) is 0 Å². The minimum Gasteiger partial charge on any atom is -0.481 e. The molecule has 1 aliphatic carbocycles. The van der Waals surface area contributed by atoms with Crippen molar-refractivity contribution in [3.05, 3.63) is 24.3 Å². The van der Waals surface area contributed by atoms with Crippen molar-refractivity contribution in [3.8, 4) is 5.75 Å². The maximum absolute atomic E-state index is 12.1. The molecule has 6 heteroatoms. The minimum atomic E-state index is -2.85. The predicted octanol–water partition coefficient (Wildman–Crippen LogP) is 3.34. The molecule has 1 fully saturated rings. The molecule has 0 spiro atoms. The van der Waals surface area contributed by atoms with Crippen LogP contribution in [0.5, 0.6) is 5.75 Å². The molecule has 0 radical (unpaired) electrons. The quantitative estimate of drug-likeness (QED) is 0.871. The number of hydrogen-bond donors (Lipinski definition) is 2. The molecule has 1 aromatic rings. The van der Waals surface area contributed by atoms with Gasteiger partial charge in [0.2, 0.25) is 0 Å². The zero-order valence-electron chi connectivity index (χ0n) is 10.9. The molecule has 1 saturated carbocycles. The SMILES string of the molecule is O=C(O)C1CCCC(Nc2cccc(OC(F)F)c2)C1. The topological polar surface area (TPSA) is 58.6 Å². The molecular weight excluding hydrogens is 268 g/mol. The van der Waals surface area contributed by atoms with Gasteiger partial charge in [-0.3, -0.25) is 4.79 Å². The Morgan fingerprint density at radius 3 is 2.90 bits per heavy atom. The summed E-state index contributed by atoms with van der Waals surface area (Å²) in [6.07, 6.45) is 2.98. The number of rotatable bonds is 5. The smallest absolute Gasteiger partial charge is 0.387 e. The van der Waals surface area contributed by atoms with Crippen LogP contribution in [-0.2, 0) is 4.79 Å². The third-order valence-corrected chi connectivity index (χ3v) is 3.45. The summed E-state index contributed by atoms with van der Waals surface area (Å²) in [6.45, 7) is -2.85. The fraction of sp³-hybridized carbons (Fsp3) is 0.500. The highest BCUT2D eigenvalue weighted by Crippen LogP contribution is 2.28. The molecular formula is C14H17F2NO3. The molecule has 1 aromatic carbocycles. The van der Waals surface area contributed by atoms with E-state index in [2.05, 4.69) is 10.1 Å². The van der Waals surface area contributed by atoms with Crippen molar-refractivity contribution < 1.29 is 23.4 Å². The van der Waals surface area contributed by atoms with Crippen LogP contribution in [0.2, 0.25) is 0 Å². The Hall–Kier alpha value is -1.85. The third kappa shape index (κ3) is 4.08. The van der Waals surface area contributed by atoms with Crippen LogP contribution in [0.4, 0.5) is 14.5 Å². The van der Waals surface area contributed by atoms with Crippen molar-refractivity contribution in [3.63, 3.8) is 0 Å². The van der Waals surface area contributed by atoms with Gasteiger partial charge in [0, 0.05) is 17.8 Å². The van der Waals surface area contributed by atoms with E-state index in [4.69, 9.17) is 5.11 Å². The standard InChI is InChI=1S/C14H17F2NO3/c15-14(16)20-12-6-2-5-11(8-12)17-10-4-1-3-9(7-10)13(18)19/h2,5-6,8-10,14,17H,1,3-4,7H2,(H,18,19). The minimum absolute atomic E-state index is 0.0478. The number of carbonyl (C=O) groups is 1. The predicted molar refractivity (Wildman–Crippen MR) is 70.1 cm³/mol. The molecule has 1 aliphatic rings. The summed E-state index contributed by atoms with van der Waals surface area (Å²) in [4.78, 5) is 11.0. The molecule has 0 aromatic heterocycles. The number of anilines is 1. The van der Waals surface area contributed by atoms with Gasteiger partial charge in [-0.25, -0.2) is 0 Å². The first-order valence-corrected chi connectivity index (χ1v) is 6.59. The van der Waals surface area contributed by atoms with E-state index in [1.807, 2.05) is 0 Å². The summed E-state index contributed by atoms with van der Waals surface area (Å²) in [7, 11) is 0. The number of benzene rings is 1. The Morgan fingerprint density at radius 2 is 2.20 bits per heavy atom. The number of nitrogens with one attached hydrogen (secondary N) is 1. The normalized spacial score (nSPS) is 22.6. The maximum atomic E-state index is 12.1. The number of aliphatic carboxylic acids is 1. The largest absolute Gasteiger partial charge is 0.481 e. The van der Waals surface area contributed by atoms with Crippen LogP contribution in [0, 0.1) is 5.92 Å². The zero-order chi connectivity index (χ0) is 14.5. The Labute approximate surface area is 115 Å². The van der Waals surface area contributed by atoms with Gasteiger partial charge in [0.25, 0.3) is 0 Å². The van der Waals surface area contributed by atoms with Crippen molar-refractivity contribution in [2.75, 3.05) is 5.32 Å². The van der Waals surface area contributed by atoms with Crippen molar-refractivity contribution in [2.24, 2.45) is 5.92 Å². The summed E-state index contributed by atoms with van der Waals surface area (Å²) >= 11 is 0. The molecule has 2 unspecified atom stereocenters. The number of halogens is 2. The van der Waals surface area contributed by atoms with Gasteiger partial charge in [-0.1, -0.05) is 12.5 Å². The summed E-state index contributed by atoms with van der Waals surface area (Å²) in [5.74, 6) is -1.01. The van der Waals surface area contributed by atoms with Crippen LogP contribution in [0.15, 0.2) is 24.3 Å². The summed E-state index contributed by atoms with van der Waals surface area (Å²) < 4.78 is 28.6. The molecule has 4 nitrogen and oxygen atoms in total. The second-order valence-corrected chi connectivity index (χ2v) is 4.95. The Bertz CT molecular complexity index is 467. The molecule has 2 atom stereocenters. The van der Waals surface area contributed by atoms with E-state index >= 15 is 0 Å². The second kappa shape index (κ2) is 6.54. The average molecular weight is 285 g/mol. The molecule has 0 amide bonds. The Morgan fingerprint density at radius 1 is 1.40 bits per heavy atom. The molecule has 0 bridgehead atoms. The van der Waals surface area contributed by atoms with E-state index in [0.717, 1.165) is 12.8 Å². The average Bonchev–Trinajstić information content (AvgIpc) is 2.38. The zero-order valence-corrected chi connectivity index (χ0v) is 10.9. The van der Waals surface area contributed by atoms with Gasteiger partial charge in [-0.05, 0) is 31.4 Å². The summed E-state index contributed by atoms with van der Waals surface area (Å²) in [5, 5.41) is 12.2. The van der Waals surface area contributed by atoms with Crippen LogP contribution < -0.4 is 10.1 Å². The van der Waals surface area contributed by atoms with Crippen LogP contribution in [0.25, 0.3) is 0 Å². The third-order valence-electron chi connectivity index (χ3n) is 3.45. The molecule has 0 heterocycles. The van der Waals surface area contributed by atoms with E-state index < -0.39 is 12.6 Å². The van der Waals surface area contributed by atoms with Gasteiger partial charge in [0.15, 0.2) is 0 Å². The molecule has 110 valence electrons. The highest BCUT2D eigenvalue weighted by Gasteiger charge is 2.26. The number of hydrogen-bond acceptors (Lipinski definition) is 3. The lowest BCUT2D eigenvalue weighted by Crippen LogP contribution is -2.30. The number of carboxylic acids is 1. The molecule has 2 rings (SSSR count). The van der Waals surface area contributed by atoms with E-state index in [1.165, 1.54) is 12.1 Å². The van der Waals surface area contributed by atoms with Gasteiger partial charge < -0.3 is 15.2 Å². The summed E-state index contributed by atoms with van der Waals surface area (Å²) in [6, 6.07) is 6.38. The first-order valence-electron chi connectivity index (χ1n) is 6.59. The first kappa shape index (κ1) is 14.6. The first-order chi connectivity index (χ1) is 9.54. The molecule has 2 N–H and O–H groups in total. The lowest BCUT2D eigenvalue weighted by Gasteiger charge is -2.28. The van der Waals surface area contributed by atoms with Gasteiger partial charge >= 0.3 is 12.6 Å². The van der Waals surface area contributed by atoms with E-state index in [0.29, 0.717) is 18.5 Å². The molecule has 0 saturated heterocycles. The molecule has 0 aliphatic heterocycles. The number of carboxylic acid groups (broad SMARTS) is 1. The lowest BCUT2D eigenvalue weighted by atomic mass is 9.85. The van der Waals surface area contributed by atoms with Crippen LogP contribution in [-0.4, -0.2) is 23.7 Å². The van der Waals surface area contributed by atoms with Crippen LogP contribution in [0.1, 0.15) is 25.7 Å². The van der Waals surface area contributed by atoms with Gasteiger partial charge in [-0.15, -0.1) is 0 Å². The van der Waals surface area contributed by atoms with Crippen molar-refractivity contribution in [2.45, 2.75) is 38.3 Å². The van der Waals surface area contributed by atoms with Gasteiger partial charge in [0.1, 0.15) is 5.75 Å². The van der Waals surface area contributed by atoms with Crippen LogP contribution in [0.3, 0.4) is 0 Å². The van der Waals surface area contributed by atoms with E-state index in [1.54, 1.807) is 12.1 Å². The Kier molecular flexibility index (Phi) is 4.76. The van der Waals surface area contributed by atoms with Gasteiger partial charge in [0.05, 0.1) is 5.92 Å².